The Kier molecular flexibility index (Phi) is 5.36. The predicted octanol–water partition coefficient (Wildman–Crippen LogP) is 3.91. The summed E-state index contributed by atoms with van der Waals surface area (Å²) >= 11 is 0. The summed E-state index contributed by atoms with van der Waals surface area (Å²) in [7, 11) is 0. The minimum absolute atomic E-state index is 0.126. The van der Waals surface area contributed by atoms with Crippen LogP contribution in [0.25, 0.3) is 10.9 Å². The fourth-order valence-corrected chi connectivity index (χ4v) is 4.11. The van der Waals surface area contributed by atoms with Crippen LogP contribution in [0.2, 0.25) is 0 Å². The second-order valence-corrected chi connectivity index (χ2v) is 7.51. The number of benzene rings is 1. The van der Waals surface area contributed by atoms with Gasteiger partial charge in [-0.1, -0.05) is 19.4 Å². The maximum atomic E-state index is 13.1. The number of aromatic nitrogens is 1. The van der Waals surface area contributed by atoms with Gasteiger partial charge in [0.15, 0.2) is 0 Å². The molecular formula is C20H25F3N2O2. The van der Waals surface area contributed by atoms with Gasteiger partial charge >= 0.3 is 6.18 Å². The molecule has 0 spiro atoms. The third-order valence-electron chi connectivity index (χ3n) is 5.53. The van der Waals surface area contributed by atoms with E-state index in [0.717, 1.165) is 24.2 Å². The van der Waals surface area contributed by atoms with E-state index in [-0.39, 0.29) is 6.61 Å². The molecule has 0 unspecified atom stereocenters. The van der Waals surface area contributed by atoms with Crippen LogP contribution in [-0.4, -0.2) is 41.0 Å². The molecule has 1 aromatic carbocycles. The SMILES string of the molecule is CCC[C@@]1(CO)CN(c2cc(C)nc3cc(C(F)(F)F)ccc23)CC[C@H]1O. The average Bonchev–Trinajstić information content (AvgIpc) is 2.61. The summed E-state index contributed by atoms with van der Waals surface area (Å²) in [5.41, 5.74) is 0.391. The van der Waals surface area contributed by atoms with Gasteiger partial charge in [-0.05, 0) is 38.0 Å². The van der Waals surface area contributed by atoms with E-state index in [1.807, 2.05) is 13.0 Å². The average molecular weight is 382 g/mol. The Morgan fingerprint density at radius 1 is 1.30 bits per heavy atom. The Balaban J connectivity index is 2.06. The van der Waals surface area contributed by atoms with Crippen LogP contribution in [0.15, 0.2) is 24.3 Å². The van der Waals surface area contributed by atoms with E-state index in [0.29, 0.717) is 42.5 Å². The lowest BCUT2D eigenvalue weighted by molar-refractivity contribution is -0.137. The molecule has 148 valence electrons. The first-order valence-electron chi connectivity index (χ1n) is 9.22. The molecule has 0 amide bonds. The van der Waals surface area contributed by atoms with Crippen LogP contribution in [-0.2, 0) is 6.18 Å². The number of rotatable bonds is 4. The maximum absolute atomic E-state index is 13.1. The predicted molar refractivity (Wildman–Crippen MR) is 98.7 cm³/mol. The van der Waals surface area contributed by atoms with Gasteiger partial charge in [-0.25, -0.2) is 0 Å². The molecule has 1 saturated heterocycles. The van der Waals surface area contributed by atoms with Crippen molar-refractivity contribution >= 4 is 16.6 Å². The summed E-state index contributed by atoms with van der Waals surface area (Å²) in [6, 6.07) is 5.48. The molecular weight excluding hydrogens is 357 g/mol. The van der Waals surface area contributed by atoms with E-state index in [1.54, 1.807) is 6.92 Å². The molecule has 2 atom stereocenters. The fraction of sp³-hybridized carbons (Fsp3) is 0.550. The van der Waals surface area contributed by atoms with E-state index in [9.17, 15) is 23.4 Å². The number of anilines is 1. The number of aliphatic hydroxyl groups excluding tert-OH is 2. The molecule has 27 heavy (non-hydrogen) atoms. The molecule has 2 aromatic rings. The minimum Gasteiger partial charge on any atom is -0.396 e. The van der Waals surface area contributed by atoms with Crippen molar-refractivity contribution in [3.63, 3.8) is 0 Å². The smallest absolute Gasteiger partial charge is 0.396 e. The highest BCUT2D eigenvalue weighted by atomic mass is 19.4. The lowest BCUT2D eigenvalue weighted by Crippen LogP contribution is -2.54. The molecule has 3 rings (SSSR count). The first kappa shape index (κ1) is 19.9. The van der Waals surface area contributed by atoms with Crippen molar-refractivity contribution in [3.8, 4) is 0 Å². The lowest BCUT2D eigenvalue weighted by atomic mass is 9.74. The third-order valence-corrected chi connectivity index (χ3v) is 5.53. The Bertz CT molecular complexity index is 825. The van der Waals surface area contributed by atoms with E-state index >= 15 is 0 Å². The number of aryl methyl sites for hydroxylation is 1. The van der Waals surface area contributed by atoms with E-state index in [1.165, 1.54) is 6.07 Å². The summed E-state index contributed by atoms with van der Waals surface area (Å²) in [6.45, 7) is 4.67. The number of alkyl halides is 3. The van der Waals surface area contributed by atoms with Gasteiger partial charge in [-0.15, -0.1) is 0 Å². The Labute approximate surface area is 156 Å². The summed E-state index contributed by atoms with van der Waals surface area (Å²) < 4.78 is 39.2. The maximum Gasteiger partial charge on any atom is 0.416 e. The first-order chi connectivity index (χ1) is 12.7. The van der Waals surface area contributed by atoms with Gasteiger partial charge in [0.05, 0.1) is 23.8 Å². The van der Waals surface area contributed by atoms with Crippen LogP contribution in [0.3, 0.4) is 0 Å². The number of halogens is 3. The highest BCUT2D eigenvalue weighted by Crippen LogP contribution is 2.39. The Morgan fingerprint density at radius 3 is 2.67 bits per heavy atom. The summed E-state index contributed by atoms with van der Waals surface area (Å²) in [5.74, 6) is 0. The quantitative estimate of drug-likeness (QED) is 0.842. The summed E-state index contributed by atoms with van der Waals surface area (Å²) in [5, 5.41) is 21.1. The Hall–Kier alpha value is -1.86. The molecule has 1 fully saturated rings. The molecule has 0 saturated carbocycles. The van der Waals surface area contributed by atoms with Crippen LogP contribution in [0.1, 0.15) is 37.4 Å². The second-order valence-electron chi connectivity index (χ2n) is 7.51. The van der Waals surface area contributed by atoms with E-state index in [2.05, 4.69) is 9.88 Å². The highest BCUT2D eigenvalue weighted by molar-refractivity contribution is 5.92. The zero-order valence-corrected chi connectivity index (χ0v) is 15.6. The number of hydrogen-bond donors (Lipinski definition) is 2. The number of nitrogens with zero attached hydrogens (tertiary/aromatic N) is 2. The van der Waals surface area contributed by atoms with Crippen molar-refractivity contribution in [2.24, 2.45) is 5.41 Å². The number of piperidine rings is 1. The number of hydrogen-bond acceptors (Lipinski definition) is 4. The van der Waals surface area contributed by atoms with E-state index < -0.39 is 23.3 Å². The molecule has 2 heterocycles. The third kappa shape index (κ3) is 3.75. The van der Waals surface area contributed by atoms with Gasteiger partial charge in [0.25, 0.3) is 0 Å². The highest BCUT2D eigenvalue weighted by Gasteiger charge is 2.42. The van der Waals surface area contributed by atoms with Crippen LogP contribution in [0.4, 0.5) is 18.9 Å². The van der Waals surface area contributed by atoms with Gasteiger partial charge in [0.2, 0.25) is 0 Å². The molecule has 1 aliphatic rings. The molecule has 4 nitrogen and oxygen atoms in total. The zero-order chi connectivity index (χ0) is 19.8. The minimum atomic E-state index is -4.41. The molecule has 0 aliphatic carbocycles. The van der Waals surface area contributed by atoms with Crippen molar-refractivity contribution in [3.05, 3.63) is 35.5 Å². The molecule has 0 bridgehead atoms. The van der Waals surface area contributed by atoms with Crippen molar-refractivity contribution in [1.82, 2.24) is 4.98 Å². The fourth-order valence-electron chi connectivity index (χ4n) is 4.11. The van der Waals surface area contributed by atoms with Gasteiger partial charge in [0.1, 0.15) is 0 Å². The summed E-state index contributed by atoms with van der Waals surface area (Å²) in [6.07, 6.45) is -2.99. The molecule has 1 aliphatic heterocycles. The molecule has 1 aromatic heterocycles. The largest absolute Gasteiger partial charge is 0.416 e. The van der Waals surface area contributed by atoms with Gasteiger partial charge in [0, 0.05) is 35.3 Å². The molecule has 0 radical (unpaired) electrons. The number of aliphatic hydroxyl groups is 2. The van der Waals surface area contributed by atoms with Crippen LogP contribution >= 0.6 is 0 Å². The lowest BCUT2D eigenvalue weighted by Gasteiger charge is -2.46. The van der Waals surface area contributed by atoms with Gasteiger partial charge in [-0.3, -0.25) is 4.98 Å². The van der Waals surface area contributed by atoms with E-state index in [4.69, 9.17) is 0 Å². The first-order valence-corrected chi connectivity index (χ1v) is 9.22. The number of pyridine rings is 1. The van der Waals surface area contributed by atoms with Crippen molar-refractivity contribution in [2.45, 2.75) is 45.4 Å². The molecule has 2 N–H and O–H groups in total. The number of fused-ring (bicyclic) bond motifs is 1. The van der Waals surface area contributed by atoms with Gasteiger partial charge < -0.3 is 15.1 Å². The van der Waals surface area contributed by atoms with Crippen molar-refractivity contribution in [2.75, 3.05) is 24.6 Å². The topological polar surface area (TPSA) is 56.6 Å². The van der Waals surface area contributed by atoms with Crippen LogP contribution < -0.4 is 4.90 Å². The Morgan fingerprint density at radius 2 is 2.04 bits per heavy atom. The monoisotopic (exact) mass is 382 g/mol. The van der Waals surface area contributed by atoms with Crippen molar-refractivity contribution in [1.29, 1.82) is 0 Å². The standard InChI is InChI=1S/C20H25F3N2O2/c1-3-7-19(12-26)11-25(8-6-18(19)27)17-9-13(2)24-16-10-14(20(21,22)23)4-5-15(16)17/h4-5,9-10,18,26-27H,3,6-8,11-12H2,1-2H3/t18-,19+/m1/s1. The van der Waals surface area contributed by atoms with Crippen LogP contribution in [0.5, 0.6) is 0 Å². The second kappa shape index (κ2) is 7.28. The van der Waals surface area contributed by atoms with Crippen molar-refractivity contribution < 1.29 is 23.4 Å². The zero-order valence-electron chi connectivity index (χ0n) is 15.6. The van der Waals surface area contributed by atoms with Crippen LogP contribution in [0, 0.1) is 12.3 Å². The normalized spacial score (nSPS) is 23.8. The molecule has 7 heteroatoms. The summed E-state index contributed by atoms with van der Waals surface area (Å²) in [4.78, 5) is 6.35. The van der Waals surface area contributed by atoms with Gasteiger partial charge in [-0.2, -0.15) is 13.2 Å².